The number of ketones is 1. The lowest BCUT2D eigenvalue weighted by Gasteiger charge is -2.25. The zero-order valence-electron chi connectivity index (χ0n) is 30.1. The summed E-state index contributed by atoms with van der Waals surface area (Å²) in [6.45, 7) is 13.9. The van der Waals surface area contributed by atoms with Gasteiger partial charge in [0, 0.05) is 18.3 Å². The molecule has 0 unspecified atom stereocenters. The molecular weight excluding hydrogens is 661 g/mol. The van der Waals surface area contributed by atoms with Crippen molar-refractivity contribution in [1.29, 1.82) is 0 Å². The molecule has 3 aromatic rings. The molecule has 15 heteroatoms. The first-order valence-corrected chi connectivity index (χ1v) is 17.7. The molecule has 6 N–H and O–H groups in total. The zero-order chi connectivity index (χ0) is 37.4. The number of carbonyl (C=O) groups is 5. The average Bonchev–Trinajstić information content (AvgIpc) is 3.72. The highest BCUT2D eigenvalue weighted by Gasteiger charge is 2.34. The lowest BCUT2D eigenvalue weighted by molar-refractivity contribution is -0.139. The van der Waals surface area contributed by atoms with E-state index in [1.807, 2.05) is 44.4 Å². The van der Waals surface area contributed by atoms with Crippen LogP contribution in [0.25, 0.3) is 21.7 Å². The maximum Gasteiger partial charge on any atom is 0.315 e. The molecule has 0 bridgehead atoms. The van der Waals surface area contributed by atoms with E-state index in [1.165, 1.54) is 35.5 Å². The number of carbonyl (C=O) groups excluding carboxylic acids is 5. The molecule has 1 saturated carbocycles. The molecule has 4 heterocycles. The van der Waals surface area contributed by atoms with Gasteiger partial charge in [-0.3, -0.25) is 29.0 Å². The second-order valence-corrected chi connectivity index (χ2v) is 14.7. The van der Waals surface area contributed by atoms with Crippen molar-refractivity contribution < 1.29 is 24.0 Å². The van der Waals surface area contributed by atoms with E-state index in [0.29, 0.717) is 36.3 Å². The molecule has 0 aromatic carbocycles. The Balaban J connectivity index is 0.000000290. The Hall–Kier alpha value is -4.66. The van der Waals surface area contributed by atoms with Crippen LogP contribution in [0.2, 0.25) is 0 Å². The molecule has 2 fully saturated rings. The van der Waals surface area contributed by atoms with Crippen LogP contribution in [-0.4, -0.2) is 80.6 Å². The molecule has 1 saturated heterocycles. The molecule has 50 heavy (non-hydrogen) atoms. The van der Waals surface area contributed by atoms with Gasteiger partial charge in [-0.25, -0.2) is 9.78 Å². The molecule has 1 aliphatic heterocycles. The molecule has 14 nitrogen and oxygen atoms in total. The number of nitrogens with one attached hydrogen (secondary N) is 4. The molecule has 3 aromatic heterocycles. The third-order valence-corrected chi connectivity index (χ3v) is 7.91. The number of rotatable bonds is 7. The first-order chi connectivity index (χ1) is 23.5. The summed E-state index contributed by atoms with van der Waals surface area (Å²) in [6.07, 6.45) is 7.20. The molecule has 1 aliphatic carbocycles. The number of hydrogen-bond donors (Lipinski definition) is 5. The van der Waals surface area contributed by atoms with Crippen molar-refractivity contribution in [2.75, 3.05) is 19.6 Å². The number of nitrogens with two attached hydrogens (primary N) is 1. The van der Waals surface area contributed by atoms with E-state index in [1.54, 1.807) is 12.3 Å². The van der Waals surface area contributed by atoms with Crippen LogP contribution in [0, 0.1) is 11.8 Å². The molecule has 5 rings (SSSR count). The lowest BCUT2D eigenvalue weighted by atomic mass is 9.88. The normalized spacial score (nSPS) is 15.2. The highest BCUT2D eigenvalue weighted by molar-refractivity contribution is 7.16. The summed E-state index contributed by atoms with van der Waals surface area (Å²) in [7, 11) is 0. The van der Waals surface area contributed by atoms with Gasteiger partial charge in [0.05, 0.1) is 18.5 Å². The monoisotopic (exact) mass is 712 g/mol. The number of nitrogens with zero attached hydrogens (tertiary/aromatic N) is 3. The predicted octanol–water partition coefficient (Wildman–Crippen LogP) is 3.76. The number of pyridine rings is 1. The number of primary amides is 1. The minimum absolute atomic E-state index is 0.119. The largest absolute Gasteiger partial charge is 0.363 e. The van der Waals surface area contributed by atoms with Crippen LogP contribution in [0.5, 0.6) is 0 Å². The fourth-order valence-electron chi connectivity index (χ4n) is 4.45. The quantitative estimate of drug-likeness (QED) is 0.227. The fraction of sp³-hybridized carbons (Fsp3) is 0.543. The van der Waals surface area contributed by atoms with E-state index in [4.69, 9.17) is 5.73 Å². The standard InChI is InChI=1S/C15H25N5O5.C11H7N3OS.C5H10.C4H10/c1-15(2,3)19-14(25)18-8-11(22)20-6-4-5-9(20)13(24)17-7-10(21)12(16)23;15-10-7-4-6-16-11(7)14-9(13-10)8-3-1-2-5-12-8;1-5-3-2-4-5;1-4(2)3/h9H,4-8H2,1-3H3,(H2,16,23)(H,17,24)(H2,18,19,25);1-6H,(H,13,14,15);5H,2-4H2,1H3;4H,1-3H3/t9-;;;/m0.../s1. The molecular formula is C35H52N8O6S. The van der Waals surface area contributed by atoms with Crippen LogP contribution in [0.3, 0.4) is 0 Å². The second kappa shape index (κ2) is 20.1. The van der Waals surface area contributed by atoms with Crippen LogP contribution in [0.15, 0.2) is 40.6 Å². The van der Waals surface area contributed by atoms with Gasteiger partial charge < -0.3 is 31.6 Å². The van der Waals surface area contributed by atoms with Crippen molar-refractivity contribution in [2.45, 2.75) is 92.2 Å². The average molecular weight is 713 g/mol. The zero-order valence-corrected chi connectivity index (χ0v) is 30.9. The number of H-pyrrole nitrogens is 1. The number of Topliss-reactive ketones (excluding diaryl/α,β-unsaturated/α-hetero) is 1. The van der Waals surface area contributed by atoms with Crippen LogP contribution < -0.4 is 27.2 Å². The Kier molecular flexibility index (Phi) is 16.7. The van der Waals surface area contributed by atoms with E-state index >= 15 is 0 Å². The van der Waals surface area contributed by atoms with Gasteiger partial charge in [-0.05, 0) is 69.0 Å². The predicted molar refractivity (Wildman–Crippen MR) is 195 cm³/mol. The summed E-state index contributed by atoms with van der Waals surface area (Å²) in [5, 5.41) is 9.90. The van der Waals surface area contributed by atoms with Crippen molar-refractivity contribution in [3.63, 3.8) is 0 Å². The highest BCUT2D eigenvalue weighted by atomic mass is 32.1. The lowest BCUT2D eigenvalue weighted by Crippen LogP contribution is -2.52. The van der Waals surface area contributed by atoms with Crippen molar-refractivity contribution >= 4 is 51.1 Å². The second-order valence-electron chi connectivity index (χ2n) is 13.8. The number of amides is 5. The van der Waals surface area contributed by atoms with Crippen molar-refractivity contribution in [3.05, 3.63) is 46.2 Å². The Bertz CT molecular complexity index is 1630. The van der Waals surface area contributed by atoms with E-state index in [-0.39, 0.29) is 12.1 Å². The summed E-state index contributed by atoms with van der Waals surface area (Å²) in [5.74, 6) is -0.559. The van der Waals surface area contributed by atoms with Gasteiger partial charge in [0.25, 0.3) is 11.5 Å². The summed E-state index contributed by atoms with van der Waals surface area (Å²) in [5.41, 5.74) is 4.94. The number of hydrogen-bond acceptors (Lipinski definition) is 9. The van der Waals surface area contributed by atoms with Crippen LogP contribution in [-0.2, 0) is 19.2 Å². The summed E-state index contributed by atoms with van der Waals surface area (Å²) >= 11 is 1.45. The van der Waals surface area contributed by atoms with Gasteiger partial charge in [0.1, 0.15) is 16.6 Å². The highest BCUT2D eigenvalue weighted by Crippen LogP contribution is 2.24. The van der Waals surface area contributed by atoms with E-state index in [2.05, 4.69) is 58.6 Å². The van der Waals surface area contributed by atoms with Gasteiger partial charge in [0.2, 0.25) is 17.6 Å². The smallest absolute Gasteiger partial charge is 0.315 e. The SMILES string of the molecule is CC(C)(C)NC(=O)NCC(=O)N1CCC[C@H]1C(=O)NCC(=O)C(N)=O.CC(C)C.CC1CCC1.O=c1[nH]c(-c2ccccn2)nc2sccc12. The third-order valence-electron chi connectivity index (χ3n) is 7.10. The topological polar surface area (TPSA) is 209 Å². The van der Waals surface area contributed by atoms with E-state index in [0.717, 1.165) is 16.7 Å². The fourth-order valence-corrected chi connectivity index (χ4v) is 5.22. The van der Waals surface area contributed by atoms with Crippen molar-refractivity contribution in [2.24, 2.45) is 17.6 Å². The number of aromatic nitrogens is 3. The number of aromatic amines is 1. The molecule has 5 amide bonds. The van der Waals surface area contributed by atoms with Crippen LogP contribution in [0.1, 0.15) is 80.6 Å². The third kappa shape index (κ3) is 14.8. The number of urea groups is 1. The maximum absolute atomic E-state index is 12.2. The minimum Gasteiger partial charge on any atom is -0.363 e. The van der Waals surface area contributed by atoms with Gasteiger partial charge in [-0.1, -0.05) is 53.0 Å². The van der Waals surface area contributed by atoms with Crippen LogP contribution in [0.4, 0.5) is 4.79 Å². The number of fused-ring (bicyclic) bond motifs is 1. The number of likely N-dealkylation sites (tertiary alicyclic amines) is 1. The Labute approximate surface area is 297 Å². The minimum atomic E-state index is -1.13. The molecule has 0 radical (unpaired) electrons. The molecule has 274 valence electrons. The first-order valence-electron chi connectivity index (χ1n) is 16.8. The van der Waals surface area contributed by atoms with E-state index in [9.17, 15) is 28.8 Å². The Morgan fingerprint density at radius 3 is 2.22 bits per heavy atom. The van der Waals surface area contributed by atoms with Crippen molar-refractivity contribution in [3.8, 4) is 11.5 Å². The maximum atomic E-state index is 12.2. The van der Waals surface area contributed by atoms with Crippen molar-refractivity contribution in [1.82, 2.24) is 35.8 Å². The number of thiophene rings is 1. The summed E-state index contributed by atoms with van der Waals surface area (Å²) in [6, 6.07) is 6.06. The summed E-state index contributed by atoms with van der Waals surface area (Å²) in [4.78, 5) is 82.9. The summed E-state index contributed by atoms with van der Waals surface area (Å²) < 4.78 is 0. The van der Waals surface area contributed by atoms with Gasteiger partial charge in [0.15, 0.2) is 5.82 Å². The molecule has 2 aliphatic rings. The van der Waals surface area contributed by atoms with Gasteiger partial charge in [-0.15, -0.1) is 11.3 Å². The van der Waals surface area contributed by atoms with Gasteiger partial charge >= 0.3 is 6.03 Å². The van der Waals surface area contributed by atoms with Crippen LogP contribution >= 0.6 is 11.3 Å². The first kappa shape index (κ1) is 41.5. The Morgan fingerprint density at radius 2 is 1.68 bits per heavy atom. The van der Waals surface area contributed by atoms with E-state index < -0.39 is 47.7 Å². The molecule has 0 spiro atoms. The molecule has 1 atom stereocenters. The Morgan fingerprint density at radius 1 is 1.02 bits per heavy atom. The van der Waals surface area contributed by atoms with Gasteiger partial charge in [-0.2, -0.15) is 0 Å².